The summed E-state index contributed by atoms with van der Waals surface area (Å²) < 4.78 is 16.2. The van der Waals surface area contributed by atoms with E-state index in [9.17, 15) is 9.59 Å². The summed E-state index contributed by atoms with van der Waals surface area (Å²) in [5.74, 6) is -1.66. The molecule has 2 rings (SSSR count). The molecule has 1 heterocycles. The van der Waals surface area contributed by atoms with Gasteiger partial charge in [0, 0.05) is 12.2 Å². The molecule has 1 aromatic rings. The molecule has 1 aliphatic heterocycles. The van der Waals surface area contributed by atoms with Crippen molar-refractivity contribution in [1.82, 2.24) is 0 Å². The highest BCUT2D eigenvalue weighted by molar-refractivity contribution is 6.39. The van der Waals surface area contributed by atoms with E-state index in [4.69, 9.17) is 19.3 Å². The number of Topliss-reactive ketones (excluding diaryl/α,β-unsaturated/α-hetero) is 1. The molecule has 1 aliphatic rings. The Balaban J connectivity index is 2.21. The molecule has 1 unspecified atom stereocenters. The van der Waals surface area contributed by atoms with Crippen molar-refractivity contribution in [3.63, 3.8) is 0 Å². The van der Waals surface area contributed by atoms with E-state index >= 15 is 0 Å². The van der Waals surface area contributed by atoms with Gasteiger partial charge in [0.25, 0.3) is 5.78 Å². The van der Waals surface area contributed by atoms with Gasteiger partial charge in [-0.05, 0) is 31.0 Å². The summed E-state index contributed by atoms with van der Waals surface area (Å²) in [5.41, 5.74) is 0.0602. The average Bonchev–Trinajstić information content (AvgIpc) is 2.47. The minimum atomic E-state index is -1.50. The Morgan fingerprint density at radius 3 is 2.75 bits per heavy atom. The summed E-state index contributed by atoms with van der Waals surface area (Å²) in [4.78, 5) is 22.2. The van der Waals surface area contributed by atoms with Gasteiger partial charge in [-0.3, -0.25) is 4.79 Å². The maximum atomic E-state index is 11.5. The topological polar surface area (TPSA) is 82.1 Å². The Hall–Kier alpha value is -2.08. The number of carboxylic acids is 1. The third kappa shape index (κ3) is 3.27. The van der Waals surface area contributed by atoms with Crippen LogP contribution < -0.4 is 9.47 Å². The summed E-state index contributed by atoms with van der Waals surface area (Å²) in [5, 5.41) is 8.73. The van der Waals surface area contributed by atoms with Gasteiger partial charge in [-0.1, -0.05) is 0 Å². The molecule has 1 N–H and O–H groups in total. The number of hydrogen-bond acceptors (Lipinski definition) is 5. The smallest absolute Gasteiger partial charge is 0.377 e. The average molecular weight is 280 g/mol. The fraction of sp³-hybridized carbons (Fsp3) is 0.429. The van der Waals surface area contributed by atoms with Crippen molar-refractivity contribution in [2.24, 2.45) is 0 Å². The Morgan fingerprint density at radius 1 is 1.35 bits per heavy atom. The van der Waals surface area contributed by atoms with Gasteiger partial charge in [-0.2, -0.15) is 0 Å². The van der Waals surface area contributed by atoms with Crippen molar-refractivity contribution >= 4 is 11.8 Å². The molecule has 108 valence electrons. The molecule has 0 aromatic heterocycles. The molecule has 0 aliphatic carbocycles. The summed E-state index contributed by atoms with van der Waals surface area (Å²) in [6.45, 7) is 1.19. The fourth-order valence-corrected chi connectivity index (χ4v) is 2.02. The number of aliphatic carboxylic acids is 1. The molecule has 0 spiro atoms. The van der Waals surface area contributed by atoms with Crippen LogP contribution in [0.2, 0.25) is 0 Å². The van der Waals surface area contributed by atoms with Crippen LogP contribution in [-0.2, 0) is 9.53 Å². The Kier molecular flexibility index (Phi) is 4.57. The monoisotopic (exact) mass is 280 g/mol. The first-order chi connectivity index (χ1) is 9.61. The lowest BCUT2D eigenvalue weighted by molar-refractivity contribution is -0.131. The van der Waals surface area contributed by atoms with Gasteiger partial charge in [-0.25, -0.2) is 4.79 Å². The van der Waals surface area contributed by atoms with Crippen LogP contribution in [0.4, 0.5) is 0 Å². The molecule has 0 saturated carbocycles. The van der Waals surface area contributed by atoms with Gasteiger partial charge in [-0.15, -0.1) is 0 Å². The molecule has 1 fully saturated rings. The number of carbonyl (C=O) groups is 2. The zero-order valence-corrected chi connectivity index (χ0v) is 11.1. The number of carboxylic acid groups (broad SMARTS) is 1. The van der Waals surface area contributed by atoms with E-state index in [1.807, 2.05) is 0 Å². The summed E-state index contributed by atoms with van der Waals surface area (Å²) in [6, 6.07) is 4.32. The van der Waals surface area contributed by atoms with Gasteiger partial charge in [0.05, 0.1) is 13.7 Å². The van der Waals surface area contributed by atoms with Gasteiger partial charge in [0.15, 0.2) is 11.5 Å². The number of methoxy groups -OCH3 is 1. The SMILES string of the molecule is COc1ccc(C(=O)C(=O)O)cc1OC1CCCOC1. The number of carbonyl (C=O) groups excluding carboxylic acids is 1. The standard InChI is InChI=1S/C14H16O6/c1-18-11-5-4-9(13(15)14(16)17)7-12(11)20-10-3-2-6-19-8-10/h4-5,7,10H,2-3,6,8H2,1H3,(H,16,17). The van der Waals surface area contributed by atoms with Crippen LogP contribution in [0.3, 0.4) is 0 Å². The predicted octanol–water partition coefficient (Wildman–Crippen LogP) is 1.52. The van der Waals surface area contributed by atoms with E-state index in [0.717, 1.165) is 12.8 Å². The number of hydrogen-bond donors (Lipinski definition) is 1. The first kappa shape index (κ1) is 14.3. The van der Waals surface area contributed by atoms with E-state index in [2.05, 4.69) is 0 Å². The molecule has 1 atom stereocenters. The number of benzene rings is 1. The highest BCUT2D eigenvalue weighted by atomic mass is 16.5. The van der Waals surface area contributed by atoms with Gasteiger partial charge in [0.2, 0.25) is 0 Å². The van der Waals surface area contributed by atoms with Crippen LogP contribution in [-0.4, -0.2) is 43.3 Å². The first-order valence-corrected chi connectivity index (χ1v) is 6.32. The molecule has 0 radical (unpaired) electrons. The molecular weight excluding hydrogens is 264 g/mol. The van der Waals surface area contributed by atoms with Gasteiger partial charge in [0.1, 0.15) is 6.10 Å². The largest absolute Gasteiger partial charge is 0.493 e. The third-order valence-corrected chi connectivity index (χ3v) is 3.03. The quantitative estimate of drug-likeness (QED) is 0.650. The molecule has 0 bridgehead atoms. The molecule has 20 heavy (non-hydrogen) atoms. The van der Waals surface area contributed by atoms with Crippen molar-refractivity contribution in [2.45, 2.75) is 18.9 Å². The minimum absolute atomic E-state index is 0.0602. The zero-order valence-electron chi connectivity index (χ0n) is 11.1. The first-order valence-electron chi connectivity index (χ1n) is 6.32. The van der Waals surface area contributed by atoms with Crippen LogP contribution >= 0.6 is 0 Å². The molecule has 1 saturated heterocycles. The predicted molar refractivity (Wildman–Crippen MR) is 69.4 cm³/mol. The van der Waals surface area contributed by atoms with Crippen LogP contribution in [0.1, 0.15) is 23.2 Å². The maximum absolute atomic E-state index is 11.5. The van der Waals surface area contributed by atoms with Crippen LogP contribution in [0.5, 0.6) is 11.5 Å². The Bertz CT molecular complexity index is 504. The number of ether oxygens (including phenoxy) is 3. The molecule has 0 amide bonds. The summed E-state index contributed by atoms with van der Waals surface area (Å²) in [7, 11) is 1.48. The third-order valence-electron chi connectivity index (χ3n) is 3.03. The van der Waals surface area contributed by atoms with E-state index in [0.29, 0.717) is 24.7 Å². The van der Waals surface area contributed by atoms with E-state index in [-0.39, 0.29) is 11.7 Å². The van der Waals surface area contributed by atoms with E-state index in [1.165, 1.54) is 25.3 Å². The second-order valence-electron chi connectivity index (χ2n) is 4.46. The van der Waals surface area contributed by atoms with Crippen molar-refractivity contribution < 1.29 is 28.9 Å². The summed E-state index contributed by atoms with van der Waals surface area (Å²) in [6.07, 6.45) is 1.63. The summed E-state index contributed by atoms with van der Waals surface area (Å²) >= 11 is 0. The highest BCUT2D eigenvalue weighted by Gasteiger charge is 2.20. The lowest BCUT2D eigenvalue weighted by atomic mass is 10.1. The van der Waals surface area contributed by atoms with Crippen molar-refractivity contribution in [2.75, 3.05) is 20.3 Å². The second kappa shape index (κ2) is 6.38. The molecular formula is C14H16O6. The number of rotatable bonds is 5. The lowest BCUT2D eigenvalue weighted by Crippen LogP contribution is -2.28. The van der Waals surface area contributed by atoms with Crippen LogP contribution in [0.25, 0.3) is 0 Å². The molecule has 1 aromatic carbocycles. The Morgan fingerprint density at radius 2 is 2.15 bits per heavy atom. The normalized spacial score (nSPS) is 18.4. The van der Waals surface area contributed by atoms with Crippen LogP contribution in [0, 0.1) is 0 Å². The van der Waals surface area contributed by atoms with Gasteiger partial charge >= 0.3 is 5.97 Å². The molecule has 6 nitrogen and oxygen atoms in total. The number of ketones is 1. The van der Waals surface area contributed by atoms with Gasteiger partial charge < -0.3 is 19.3 Å². The van der Waals surface area contributed by atoms with E-state index in [1.54, 1.807) is 0 Å². The van der Waals surface area contributed by atoms with E-state index < -0.39 is 11.8 Å². The second-order valence-corrected chi connectivity index (χ2v) is 4.46. The maximum Gasteiger partial charge on any atom is 0.377 e. The van der Waals surface area contributed by atoms with Crippen molar-refractivity contribution in [1.29, 1.82) is 0 Å². The molecule has 6 heteroatoms. The zero-order chi connectivity index (χ0) is 14.5. The fourth-order valence-electron chi connectivity index (χ4n) is 2.02. The minimum Gasteiger partial charge on any atom is -0.493 e. The van der Waals surface area contributed by atoms with Crippen LogP contribution in [0.15, 0.2) is 18.2 Å². The van der Waals surface area contributed by atoms with Crippen molar-refractivity contribution in [3.8, 4) is 11.5 Å². The van der Waals surface area contributed by atoms with Crippen molar-refractivity contribution in [3.05, 3.63) is 23.8 Å². The lowest BCUT2D eigenvalue weighted by Gasteiger charge is -2.24. The highest BCUT2D eigenvalue weighted by Crippen LogP contribution is 2.30. The Labute approximate surface area is 116 Å².